The van der Waals surface area contributed by atoms with Crippen LogP contribution in [-0.4, -0.2) is 22.0 Å². The number of aromatic nitrogens is 1. The first-order valence-corrected chi connectivity index (χ1v) is 8.46. The summed E-state index contributed by atoms with van der Waals surface area (Å²) in [6.07, 6.45) is 4.09. The van der Waals surface area contributed by atoms with Crippen molar-refractivity contribution in [3.8, 4) is 0 Å². The Hall–Kier alpha value is -1.94. The van der Waals surface area contributed by atoms with Gasteiger partial charge in [-0.25, -0.2) is 4.79 Å². The molecule has 1 N–H and O–H groups in total. The molecule has 5 heteroatoms. The lowest BCUT2D eigenvalue weighted by Crippen LogP contribution is -2.44. The fourth-order valence-corrected chi connectivity index (χ4v) is 3.33. The largest absolute Gasteiger partial charge is 0.348 e. The maximum Gasteiger partial charge on any atom is 0.322 e. The van der Waals surface area contributed by atoms with Crippen molar-refractivity contribution in [1.29, 1.82) is 0 Å². The van der Waals surface area contributed by atoms with Crippen LogP contribution >= 0.6 is 11.6 Å². The van der Waals surface area contributed by atoms with E-state index >= 15 is 0 Å². The summed E-state index contributed by atoms with van der Waals surface area (Å²) in [7, 11) is 0. The molecule has 0 fully saturated rings. The second kappa shape index (κ2) is 6.67. The van der Waals surface area contributed by atoms with E-state index in [1.54, 1.807) is 6.07 Å². The van der Waals surface area contributed by atoms with E-state index in [0.717, 1.165) is 37.2 Å². The quantitative estimate of drug-likeness (QED) is 0.858. The first-order chi connectivity index (χ1) is 11.1. The number of carbonyl (C=O) groups excluding carboxylic acids is 1. The molecule has 0 aliphatic carbocycles. The van der Waals surface area contributed by atoms with Crippen molar-refractivity contribution in [2.45, 2.75) is 39.3 Å². The van der Waals surface area contributed by atoms with Gasteiger partial charge >= 0.3 is 6.03 Å². The molecule has 23 heavy (non-hydrogen) atoms. The summed E-state index contributed by atoms with van der Waals surface area (Å²) in [6.45, 7) is 5.66. The molecule has 0 radical (unpaired) electrons. The average Bonchev–Trinajstić information content (AvgIpc) is 3.00. The molecule has 2 amide bonds. The fraction of sp³-hybridized carbons (Fsp3) is 0.389. The number of nitrogens with one attached hydrogen (secondary N) is 1. The van der Waals surface area contributed by atoms with Gasteiger partial charge in [-0.1, -0.05) is 31.0 Å². The Balaban J connectivity index is 1.79. The summed E-state index contributed by atoms with van der Waals surface area (Å²) >= 11 is 6.15. The number of fused-ring (bicyclic) bond motifs is 1. The molecule has 2 heterocycles. The number of benzene rings is 1. The third kappa shape index (κ3) is 3.22. The number of hydrogen-bond acceptors (Lipinski definition) is 1. The van der Waals surface area contributed by atoms with Crippen molar-refractivity contribution in [3.05, 3.63) is 52.8 Å². The van der Waals surface area contributed by atoms with E-state index in [1.807, 2.05) is 24.0 Å². The number of urea groups is 1. The molecule has 1 atom stereocenters. The highest BCUT2D eigenvalue weighted by Crippen LogP contribution is 2.30. The Kier molecular flexibility index (Phi) is 4.62. The first-order valence-electron chi connectivity index (χ1n) is 8.09. The maximum absolute atomic E-state index is 12.7. The van der Waals surface area contributed by atoms with E-state index in [4.69, 9.17) is 11.6 Å². The van der Waals surface area contributed by atoms with Crippen LogP contribution in [0, 0.1) is 6.92 Å². The van der Waals surface area contributed by atoms with Crippen molar-refractivity contribution in [1.82, 2.24) is 9.47 Å². The number of rotatable bonds is 3. The smallest absolute Gasteiger partial charge is 0.322 e. The molecule has 1 aromatic heterocycles. The van der Waals surface area contributed by atoms with Gasteiger partial charge in [-0.05, 0) is 43.2 Å². The van der Waals surface area contributed by atoms with Gasteiger partial charge in [0.15, 0.2) is 0 Å². The molecule has 3 rings (SSSR count). The Labute approximate surface area is 142 Å². The lowest BCUT2D eigenvalue weighted by molar-refractivity contribution is 0.163. The molecule has 1 aliphatic heterocycles. The number of carbonyl (C=O) groups is 1. The third-order valence-corrected chi connectivity index (χ3v) is 4.82. The van der Waals surface area contributed by atoms with Crippen LogP contribution < -0.4 is 5.32 Å². The van der Waals surface area contributed by atoms with Gasteiger partial charge in [0, 0.05) is 35.7 Å². The van der Waals surface area contributed by atoms with Gasteiger partial charge in [0.05, 0.1) is 6.04 Å². The van der Waals surface area contributed by atoms with Crippen LogP contribution in [0.25, 0.3) is 0 Å². The minimum Gasteiger partial charge on any atom is -0.348 e. The first kappa shape index (κ1) is 15.9. The molecule has 1 aromatic carbocycles. The lowest BCUT2D eigenvalue weighted by atomic mass is 10.0. The topological polar surface area (TPSA) is 37.3 Å². The molecule has 1 aliphatic rings. The SMILES string of the molecule is CCCC1c2cccn2CCN1C(=O)Nc1ccc(C)c(Cl)c1. The zero-order valence-corrected chi connectivity index (χ0v) is 14.3. The summed E-state index contributed by atoms with van der Waals surface area (Å²) in [5.74, 6) is 0. The normalized spacial score (nSPS) is 17.0. The molecule has 0 bridgehead atoms. The number of aryl methyl sites for hydroxylation is 1. The van der Waals surface area contributed by atoms with Crippen molar-refractivity contribution < 1.29 is 4.79 Å². The van der Waals surface area contributed by atoms with E-state index in [1.165, 1.54) is 5.69 Å². The molecule has 2 aromatic rings. The van der Waals surface area contributed by atoms with Crippen LogP contribution in [0.1, 0.15) is 37.1 Å². The van der Waals surface area contributed by atoms with E-state index < -0.39 is 0 Å². The standard InChI is InChI=1S/C18H22ClN3O/c1-3-5-17-16-6-4-9-21(16)10-11-22(17)18(23)20-14-8-7-13(2)15(19)12-14/h4,6-9,12,17H,3,5,10-11H2,1-2H3,(H,20,23). The highest BCUT2D eigenvalue weighted by Gasteiger charge is 2.30. The molecule has 0 saturated heterocycles. The van der Waals surface area contributed by atoms with Gasteiger partial charge in [-0.3, -0.25) is 0 Å². The Morgan fingerprint density at radius 2 is 2.17 bits per heavy atom. The van der Waals surface area contributed by atoms with Gasteiger partial charge in [0.2, 0.25) is 0 Å². The Morgan fingerprint density at radius 3 is 2.91 bits per heavy atom. The van der Waals surface area contributed by atoms with Crippen LogP contribution in [0.5, 0.6) is 0 Å². The Morgan fingerprint density at radius 1 is 1.35 bits per heavy atom. The highest BCUT2D eigenvalue weighted by molar-refractivity contribution is 6.31. The molecule has 4 nitrogen and oxygen atoms in total. The van der Waals surface area contributed by atoms with Gasteiger partial charge in [-0.15, -0.1) is 0 Å². The summed E-state index contributed by atoms with van der Waals surface area (Å²) in [5.41, 5.74) is 2.96. The minimum atomic E-state index is -0.0594. The van der Waals surface area contributed by atoms with Crippen molar-refractivity contribution in [3.63, 3.8) is 0 Å². The molecule has 122 valence electrons. The molecule has 1 unspecified atom stereocenters. The molecular weight excluding hydrogens is 310 g/mol. The number of halogens is 1. The second-order valence-electron chi connectivity index (χ2n) is 6.02. The number of amides is 2. The van der Waals surface area contributed by atoms with Crippen molar-refractivity contribution >= 4 is 23.3 Å². The summed E-state index contributed by atoms with van der Waals surface area (Å²) in [5, 5.41) is 3.65. The van der Waals surface area contributed by atoms with Gasteiger partial charge in [-0.2, -0.15) is 0 Å². The van der Waals surface area contributed by atoms with Crippen LogP contribution in [0.3, 0.4) is 0 Å². The number of hydrogen-bond donors (Lipinski definition) is 1. The Bertz CT molecular complexity index is 710. The number of anilines is 1. The van der Waals surface area contributed by atoms with Gasteiger partial charge in [0.1, 0.15) is 0 Å². The molecule has 0 saturated carbocycles. The minimum absolute atomic E-state index is 0.0594. The van der Waals surface area contributed by atoms with Crippen molar-refractivity contribution in [2.75, 3.05) is 11.9 Å². The van der Waals surface area contributed by atoms with E-state index in [-0.39, 0.29) is 12.1 Å². The van der Waals surface area contributed by atoms with E-state index in [0.29, 0.717) is 5.02 Å². The number of nitrogens with zero attached hydrogens (tertiary/aromatic N) is 2. The second-order valence-corrected chi connectivity index (χ2v) is 6.43. The van der Waals surface area contributed by atoms with Gasteiger partial charge in [0.25, 0.3) is 0 Å². The lowest BCUT2D eigenvalue weighted by Gasteiger charge is -2.37. The van der Waals surface area contributed by atoms with E-state index in [2.05, 4.69) is 35.1 Å². The van der Waals surface area contributed by atoms with Crippen LogP contribution in [0.2, 0.25) is 5.02 Å². The van der Waals surface area contributed by atoms with Crippen LogP contribution in [-0.2, 0) is 6.54 Å². The van der Waals surface area contributed by atoms with Crippen LogP contribution in [0.15, 0.2) is 36.5 Å². The predicted octanol–water partition coefficient (Wildman–Crippen LogP) is 4.84. The van der Waals surface area contributed by atoms with E-state index in [9.17, 15) is 4.79 Å². The fourth-order valence-electron chi connectivity index (χ4n) is 3.15. The average molecular weight is 332 g/mol. The highest BCUT2D eigenvalue weighted by atomic mass is 35.5. The summed E-state index contributed by atoms with van der Waals surface area (Å²) in [6, 6.07) is 9.85. The molecular formula is C18H22ClN3O. The molecule has 0 spiro atoms. The zero-order valence-electron chi connectivity index (χ0n) is 13.6. The summed E-state index contributed by atoms with van der Waals surface area (Å²) < 4.78 is 2.24. The summed E-state index contributed by atoms with van der Waals surface area (Å²) in [4.78, 5) is 14.7. The monoisotopic (exact) mass is 331 g/mol. The van der Waals surface area contributed by atoms with Gasteiger partial charge < -0.3 is 14.8 Å². The maximum atomic E-state index is 12.7. The predicted molar refractivity (Wildman–Crippen MR) is 94.0 cm³/mol. The third-order valence-electron chi connectivity index (χ3n) is 4.41. The van der Waals surface area contributed by atoms with Crippen LogP contribution in [0.4, 0.5) is 10.5 Å². The zero-order chi connectivity index (χ0) is 16.4. The van der Waals surface area contributed by atoms with Crippen molar-refractivity contribution in [2.24, 2.45) is 0 Å².